The number of rotatable bonds is 10. The molecule has 0 aliphatic rings. The highest BCUT2D eigenvalue weighted by molar-refractivity contribution is 5.79. The van der Waals surface area contributed by atoms with Gasteiger partial charge in [0, 0.05) is 26.7 Å². The standard InChI is InChI=1S/C18H31N3O2/c1-5-6-12-23-13-11-21-18(19-3)20-10-9-16-8-7-15(2)17(14-16)22-4/h7-8,14H,5-6,9-13H2,1-4H3,(H2,19,20,21). The Morgan fingerprint density at radius 1 is 1.17 bits per heavy atom. The normalized spacial score (nSPS) is 11.4. The molecule has 1 aromatic carbocycles. The number of aliphatic imine (C=N–C) groups is 1. The maximum absolute atomic E-state index is 5.52. The number of methoxy groups -OCH3 is 1. The van der Waals surface area contributed by atoms with Gasteiger partial charge in [0.05, 0.1) is 13.7 Å². The summed E-state index contributed by atoms with van der Waals surface area (Å²) in [5, 5.41) is 6.57. The Hall–Kier alpha value is -1.75. The highest BCUT2D eigenvalue weighted by atomic mass is 16.5. The molecule has 0 radical (unpaired) electrons. The van der Waals surface area contributed by atoms with Gasteiger partial charge in [-0.05, 0) is 37.0 Å². The van der Waals surface area contributed by atoms with Crippen LogP contribution < -0.4 is 15.4 Å². The lowest BCUT2D eigenvalue weighted by Gasteiger charge is -2.12. The first-order chi connectivity index (χ1) is 11.2. The monoisotopic (exact) mass is 321 g/mol. The van der Waals surface area contributed by atoms with Crippen LogP contribution in [0.25, 0.3) is 0 Å². The highest BCUT2D eigenvalue weighted by Gasteiger charge is 2.01. The minimum Gasteiger partial charge on any atom is -0.496 e. The third kappa shape index (κ3) is 7.88. The fourth-order valence-electron chi connectivity index (χ4n) is 2.16. The molecule has 0 aliphatic carbocycles. The maximum atomic E-state index is 5.52. The second kappa shape index (κ2) is 11.8. The topological polar surface area (TPSA) is 54.9 Å². The number of hydrogen-bond donors (Lipinski definition) is 2. The number of ether oxygens (including phenoxy) is 2. The lowest BCUT2D eigenvalue weighted by molar-refractivity contribution is 0.136. The van der Waals surface area contributed by atoms with Gasteiger partial charge in [0.1, 0.15) is 5.75 Å². The van der Waals surface area contributed by atoms with Gasteiger partial charge in [-0.3, -0.25) is 4.99 Å². The molecule has 0 bridgehead atoms. The van der Waals surface area contributed by atoms with Crippen LogP contribution in [0, 0.1) is 6.92 Å². The van der Waals surface area contributed by atoms with Crippen LogP contribution in [0.5, 0.6) is 5.75 Å². The molecule has 0 saturated heterocycles. The molecule has 23 heavy (non-hydrogen) atoms. The molecule has 1 rings (SSSR count). The van der Waals surface area contributed by atoms with Gasteiger partial charge in [-0.25, -0.2) is 0 Å². The average Bonchev–Trinajstić information content (AvgIpc) is 2.57. The molecule has 0 unspecified atom stereocenters. The minimum absolute atomic E-state index is 0.704. The smallest absolute Gasteiger partial charge is 0.191 e. The summed E-state index contributed by atoms with van der Waals surface area (Å²) in [6.07, 6.45) is 3.21. The predicted octanol–water partition coefficient (Wildman–Crippen LogP) is 2.53. The summed E-state index contributed by atoms with van der Waals surface area (Å²) in [6.45, 7) is 7.34. The predicted molar refractivity (Wildman–Crippen MR) is 96.5 cm³/mol. The maximum Gasteiger partial charge on any atom is 0.191 e. The van der Waals surface area contributed by atoms with Gasteiger partial charge in [0.2, 0.25) is 0 Å². The van der Waals surface area contributed by atoms with E-state index in [4.69, 9.17) is 9.47 Å². The van der Waals surface area contributed by atoms with Gasteiger partial charge < -0.3 is 20.1 Å². The molecule has 0 atom stereocenters. The van der Waals surface area contributed by atoms with E-state index >= 15 is 0 Å². The molecule has 0 heterocycles. The Morgan fingerprint density at radius 3 is 2.65 bits per heavy atom. The summed E-state index contributed by atoms with van der Waals surface area (Å²) in [5.41, 5.74) is 2.41. The molecule has 1 aromatic rings. The largest absolute Gasteiger partial charge is 0.496 e. The van der Waals surface area contributed by atoms with Crippen LogP contribution in [-0.2, 0) is 11.2 Å². The summed E-state index contributed by atoms with van der Waals surface area (Å²) >= 11 is 0. The van der Waals surface area contributed by atoms with Gasteiger partial charge >= 0.3 is 0 Å². The van der Waals surface area contributed by atoms with Crippen LogP contribution in [0.2, 0.25) is 0 Å². The summed E-state index contributed by atoms with van der Waals surface area (Å²) in [4.78, 5) is 4.22. The molecule has 5 nitrogen and oxygen atoms in total. The van der Waals surface area contributed by atoms with Crippen molar-refractivity contribution in [1.29, 1.82) is 0 Å². The molecule has 2 N–H and O–H groups in total. The third-order valence-corrected chi connectivity index (χ3v) is 3.58. The van der Waals surface area contributed by atoms with Crippen molar-refractivity contribution < 1.29 is 9.47 Å². The van der Waals surface area contributed by atoms with E-state index in [1.54, 1.807) is 14.2 Å². The summed E-state index contributed by atoms with van der Waals surface area (Å²) in [7, 11) is 3.49. The Balaban J connectivity index is 2.24. The van der Waals surface area contributed by atoms with E-state index in [2.05, 4.69) is 47.7 Å². The summed E-state index contributed by atoms with van der Waals surface area (Å²) < 4.78 is 10.9. The van der Waals surface area contributed by atoms with E-state index in [1.807, 2.05) is 0 Å². The summed E-state index contributed by atoms with van der Waals surface area (Å²) in [5.74, 6) is 1.75. The first kappa shape index (κ1) is 19.3. The average molecular weight is 321 g/mol. The Morgan fingerprint density at radius 2 is 1.96 bits per heavy atom. The van der Waals surface area contributed by atoms with Crippen LogP contribution in [-0.4, -0.2) is 46.4 Å². The number of nitrogens with one attached hydrogen (secondary N) is 2. The number of guanidine groups is 1. The molecular weight excluding hydrogens is 290 g/mol. The molecule has 0 amide bonds. The van der Waals surface area contributed by atoms with Crippen LogP contribution in [0.3, 0.4) is 0 Å². The van der Waals surface area contributed by atoms with Crippen LogP contribution in [0.4, 0.5) is 0 Å². The first-order valence-corrected chi connectivity index (χ1v) is 8.37. The van der Waals surface area contributed by atoms with Gasteiger partial charge in [-0.1, -0.05) is 25.5 Å². The van der Waals surface area contributed by atoms with Gasteiger partial charge in [0.25, 0.3) is 0 Å². The zero-order chi connectivity index (χ0) is 16.9. The van der Waals surface area contributed by atoms with Gasteiger partial charge in [-0.2, -0.15) is 0 Å². The highest BCUT2D eigenvalue weighted by Crippen LogP contribution is 2.18. The zero-order valence-corrected chi connectivity index (χ0v) is 14.9. The second-order valence-corrected chi connectivity index (χ2v) is 5.45. The summed E-state index contributed by atoms with van der Waals surface area (Å²) in [6, 6.07) is 6.32. The van der Waals surface area contributed by atoms with Crippen LogP contribution >= 0.6 is 0 Å². The van der Waals surface area contributed by atoms with Crippen molar-refractivity contribution in [2.75, 3.05) is 40.5 Å². The van der Waals surface area contributed by atoms with Crippen molar-refractivity contribution in [3.05, 3.63) is 29.3 Å². The van der Waals surface area contributed by atoms with E-state index in [0.29, 0.717) is 6.61 Å². The lowest BCUT2D eigenvalue weighted by Crippen LogP contribution is -2.39. The Labute approximate surface area is 140 Å². The number of aryl methyl sites for hydroxylation is 1. The number of unbranched alkanes of at least 4 members (excludes halogenated alkanes) is 1. The third-order valence-electron chi connectivity index (χ3n) is 3.58. The van der Waals surface area contributed by atoms with E-state index in [0.717, 1.165) is 49.8 Å². The van der Waals surface area contributed by atoms with Crippen molar-refractivity contribution in [3.63, 3.8) is 0 Å². The molecule has 0 aromatic heterocycles. The first-order valence-electron chi connectivity index (χ1n) is 8.37. The van der Waals surface area contributed by atoms with E-state index in [9.17, 15) is 0 Å². The molecule has 130 valence electrons. The number of hydrogen-bond acceptors (Lipinski definition) is 3. The van der Waals surface area contributed by atoms with Crippen molar-refractivity contribution >= 4 is 5.96 Å². The molecule has 0 saturated carbocycles. The molecule has 0 spiro atoms. The Bertz CT molecular complexity index is 475. The number of benzene rings is 1. The molecular formula is C18H31N3O2. The minimum atomic E-state index is 0.704. The van der Waals surface area contributed by atoms with Crippen LogP contribution in [0.1, 0.15) is 30.9 Å². The number of nitrogens with zero attached hydrogens (tertiary/aromatic N) is 1. The van der Waals surface area contributed by atoms with E-state index < -0.39 is 0 Å². The molecule has 5 heteroatoms. The fraction of sp³-hybridized carbons (Fsp3) is 0.611. The Kier molecular flexibility index (Phi) is 9.87. The van der Waals surface area contributed by atoms with Crippen molar-refractivity contribution in [2.45, 2.75) is 33.1 Å². The van der Waals surface area contributed by atoms with E-state index in [1.165, 1.54) is 12.0 Å². The zero-order valence-electron chi connectivity index (χ0n) is 14.9. The SMILES string of the molecule is CCCCOCCNC(=NC)NCCc1ccc(C)c(OC)c1. The molecule has 0 fully saturated rings. The van der Waals surface area contributed by atoms with Crippen molar-refractivity contribution in [3.8, 4) is 5.75 Å². The van der Waals surface area contributed by atoms with Gasteiger partial charge in [0.15, 0.2) is 5.96 Å². The van der Waals surface area contributed by atoms with Crippen LogP contribution in [0.15, 0.2) is 23.2 Å². The van der Waals surface area contributed by atoms with Crippen molar-refractivity contribution in [1.82, 2.24) is 10.6 Å². The van der Waals surface area contributed by atoms with Crippen molar-refractivity contribution in [2.24, 2.45) is 4.99 Å². The van der Waals surface area contributed by atoms with E-state index in [-0.39, 0.29) is 0 Å². The lowest BCUT2D eigenvalue weighted by atomic mass is 10.1. The quantitative estimate of drug-likeness (QED) is 0.395. The fourth-order valence-corrected chi connectivity index (χ4v) is 2.16. The molecule has 0 aliphatic heterocycles. The second-order valence-electron chi connectivity index (χ2n) is 5.45. The van der Waals surface area contributed by atoms with Gasteiger partial charge in [-0.15, -0.1) is 0 Å².